The van der Waals surface area contributed by atoms with Crippen LogP contribution in [-0.2, 0) is 6.54 Å². The van der Waals surface area contributed by atoms with Gasteiger partial charge < -0.3 is 5.32 Å². The van der Waals surface area contributed by atoms with Crippen LogP contribution in [0.15, 0.2) is 84.9 Å². The molecule has 0 aliphatic heterocycles. The average Bonchev–Trinajstić information content (AvgIpc) is 3.53. The highest BCUT2D eigenvalue weighted by molar-refractivity contribution is 6.03. The number of amides is 3. The zero-order chi connectivity index (χ0) is 27.7. The van der Waals surface area contributed by atoms with Crippen LogP contribution in [0.25, 0.3) is 5.57 Å². The van der Waals surface area contributed by atoms with Crippen molar-refractivity contribution in [2.24, 2.45) is 0 Å². The lowest BCUT2D eigenvalue weighted by Gasteiger charge is -2.27. The number of allylic oxidation sites excluding steroid dienone is 2. The zero-order valence-corrected chi connectivity index (χ0v) is 22.5. The number of tetrazole rings is 1. The van der Waals surface area contributed by atoms with Crippen molar-refractivity contribution in [1.29, 1.82) is 0 Å². The molecule has 1 heterocycles. The second-order valence-corrected chi connectivity index (χ2v) is 9.82. The van der Waals surface area contributed by atoms with Crippen LogP contribution in [0, 0.1) is 0 Å². The molecule has 9 nitrogen and oxygen atoms in total. The highest BCUT2D eigenvalue weighted by Gasteiger charge is 2.21. The Kier molecular flexibility index (Phi) is 8.60. The standard InChI is InChI=1S/C31H33N7O2/c1-2-28(25-11-7-4-8-12-25)32-31(40)38(27-19-17-24(18-20-27)23-9-5-3-6-10-23)21-22-13-15-26(16-14-22)29(39)33-30-34-36-37-35-30/h4,7-9,11-20,28H,2-3,5-6,10,21H2,1H3,(H,32,40)(H2,33,34,35,36,37,39). The number of aromatic nitrogens is 4. The number of carbonyl (C=O) groups excluding carboxylic acids is 2. The molecule has 0 bridgehead atoms. The van der Waals surface area contributed by atoms with Gasteiger partial charge in [-0.05, 0) is 83.8 Å². The highest BCUT2D eigenvalue weighted by Crippen LogP contribution is 2.29. The molecule has 9 heteroatoms. The smallest absolute Gasteiger partial charge is 0.322 e. The Balaban J connectivity index is 1.36. The summed E-state index contributed by atoms with van der Waals surface area (Å²) >= 11 is 0. The van der Waals surface area contributed by atoms with Gasteiger partial charge in [0.05, 0.1) is 12.6 Å². The van der Waals surface area contributed by atoms with E-state index < -0.39 is 0 Å². The summed E-state index contributed by atoms with van der Waals surface area (Å²) < 4.78 is 0. The predicted octanol–water partition coefficient (Wildman–Crippen LogP) is 6.28. The Labute approximate surface area is 233 Å². The molecule has 4 aromatic rings. The maximum Gasteiger partial charge on any atom is 0.322 e. The first-order chi connectivity index (χ1) is 19.6. The molecule has 0 radical (unpaired) electrons. The second kappa shape index (κ2) is 12.8. The van der Waals surface area contributed by atoms with Gasteiger partial charge in [-0.3, -0.25) is 15.0 Å². The Hall–Kier alpha value is -4.79. The zero-order valence-electron chi connectivity index (χ0n) is 22.5. The van der Waals surface area contributed by atoms with E-state index >= 15 is 0 Å². The van der Waals surface area contributed by atoms with Gasteiger partial charge in [0.2, 0.25) is 0 Å². The van der Waals surface area contributed by atoms with Gasteiger partial charge in [0.1, 0.15) is 0 Å². The molecule has 0 spiro atoms. The summed E-state index contributed by atoms with van der Waals surface area (Å²) in [5.41, 5.74) is 5.78. The van der Waals surface area contributed by atoms with Gasteiger partial charge in [0, 0.05) is 11.3 Å². The molecule has 0 fully saturated rings. The van der Waals surface area contributed by atoms with Crippen molar-refractivity contribution >= 4 is 29.1 Å². The summed E-state index contributed by atoms with van der Waals surface area (Å²) in [6, 6.07) is 25.1. The van der Waals surface area contributed by atoms with Crippen LogP contribution >= 0.6 is 0 Å². The number of anilines is 2. The Morgan fingerprint density at radius 2 is 1.75 bits per heavy atom. The second-order valence-electron chi connectivity index (χ2n) is 9.82. The largest absolute Gasteiger partial charge is 0.331 e. The van der Waals surface area contributed by atoms with Gasteiger partial charge in [-0.2, -0.15) is 5.21 Å². The van der Waals surface area contributed by atoms with E-state index in [0.717, 1.165) is 36.1 Å². The fourth-order valence-corrected chi connectivity index (χ4v) is 4.90. The van der Waals surface area contributed by atoms with E-state index in [9.17, 15) is 9.59 Å². The third-order valence-electron chi connectivity index (χ3n) is 7.12. The number of nitrogens with zero attached hydrogens (tertiary/aromatic N) is 4. The molecule has 1 unspecified atom stereocenters. The van der Waals surface area contributed by atoms with Crippen LogP contribution in [0.3, 0.4) is 0 Å². The number of benzene rings is 3. The molecule has 3 aromatic carbocycles. The van der Waals surface area contributed by atoms with Crippen LogP contribution in [-0.4, -0.2) is 32.6 Å². The molecule has 5 rings (SSSR count). The van der Waals surface area contributed by atoms with Crippen molar-refractivity contribution in [2.75, 3.05) is 10.2 Å². The summed E-state index contributed by atoms with van der Waals surface area (Å²) in [6.45, 7) is 2.40. The summed E-state index contributed by atoms with van der Waals surface area (Å²) in [7, 11) is 0. The first kappa shape index (κ1) is 26.8. The van der Waals surface area contributed by atoms with E-state index in [1.54, 1.807) is 17.0 Å². The van der Waals surface area contributed by atoms with Gasteiger partial charge in [-0.15, -0.1) is 5.10 Å². The summed E-state index contributed by atoms with van der Waals surface area (Å²) in [6.07, 6.45) is 7.75. The molecule has 1 aliphatic rings. The van der Waals surface area contributed by atoms with Gasteiger partial charge in [0.25, 0.3) is 11.9 Å². The van der Waals surface area contributed by atoms with E-state index in [4.69, 9.17) is 0 Å². The molecule has 204 valence electrons. The van der Waals surface area contributed by atoms with Gasteiger partial charge in [0.15, 0.2) is 0 Å². The van der Waals surface area contributed by atoms with Gasteiger partial charge in [-0.1, -0.05) is 72.7 Å². The van der Waals surface area contributed by atoms with Crippen LogP contribution in [0.2, 0.25) is 0 Å². The SMILES string of the molecule is CCC(NC(=O)N(Cc1ccc(C(=O)Nc2nn[nH]n2)cc1)c1ccc(C2=CCCCC2)cc1)c1ccccc1. The lowest BCUT2D eigenvalue weighted by molar-refractivity contribution is 0.102. The lowest BCUT2D eigenvalue weighted by atomic mass is 9.93. The summed E-state index contributed by atoms with van der Waals surface area (Å²) in [4.78, 5) is 28.0. The number of hydrogen-bond acceptors (Lipinski definition) is 5. The number of nitrogens with one attached hydrogen (secondary N) is 3. The number of hydrogen-bond donors (Lipinski definition) is 3. The molecule has 3 amide bonds. The molecular formula is C31H33N7O2. The highest BCUT2D eigenvalue weighted by atomic mass is 16.2. The Morgan fingerprint density at radius 3 is 2.40 bits per heavy atom. The van der Waals surface area contributed by atoms with Crippen molar-refractivity contribution in [3.63, 3.8) is 0 Å². The third kappa shape index (κ3) is 6.61. The van der Waals surface area contributed by atoms with Crippen molar-refractivity contribution in [2.45, 2.75) is 51.6 Å². The molecule has 40 heavy (non-hydrogen) atoms. The minimum Gasteiger partial charge on any atom is -0.331 e. The van der Waals surface area contributed by atoms with Crippen molar-refractivity contribution in [1.82, 2.24) is 25.9 Å². The molecule has 0 saturated heterocycles. The topological polar surface area (TPSA) is 116 Å². The number of H-pyrrole nitrogens is 1. The maximum atomic E-state index is 13.7. The monoisotopic (exact) mass is 535 g/mol. The molecule has 1 aromatic heterocycles. The number of aromatic amines is 1. The van der Waals surface area contributed by atoms with Gasteiger partial charge >= 0.3 is 6.03 Å². The van der Waals surface area contributed by atoms with E-state index in [1.165, 1.54) is 24.0 Å². The van der Waals surface area contributed by atoms with E-state index in [-0.39, 0.29) is 23.9 Å². The summed E-state index contributed by atoms with van der Waals surface area (Å²) in [5.74, 6) is -0.239. The van der Waals surface area contributed by atoms with Crippen LogP contribution in [0.5, 0.6) is 0 Å². The molecule has 3 N–H and O–H groups in total. The van der Waals surface area contributed by atoms with Crippen molar-refractivity contribution < 1.29 is 9.59 Å². The normalized spacial score (nSPS) is 13.7. The predicted molar refractivity (Wildman–Crippen MR) is 156 cm³/mol. The minimum absolute atomic E-state index is 0.105. The summed E-state index contributed by atoms with van der Waals surface area (Å²) in [5, 5.41) is 19.0. The Morgan fingerprint density at radius 1 is 0.975 bits per heavy atom. The van der Waals surface area contributed by atoms with Gasteiger partial charge in [-0.25, -0.2) is 4.79 Å². The quantitative estimate of drug-likeness (QED) is 0.233. The van der Waals surface area contributed by atoms with Crippen LogP contribution in [0.1, 0.15) is 72.1 Å². The van der Waals surface area contributed by atoms with E-state index in [2.05, 4.69) is 56.4 Å². The molecule has 1 atom stereocenters. The molecule has 0 saturated carbocycles. The number of rotatable bonds is 9. The fourth-order valence-electron chi connectivity index (χ4n) is 4.90. The first-order valence-corrected chi connectivity index (χ1v) is 13.7. The van der Waals surface area contributed by atoms with Crippen molar-refractivity contribution in [3.05, 3.63) is 107 Å². The average molecular weight is 536 g/mol. The fraction of sp³-hybridized carbons (Fsp3) is 0.258. The number of urea groups is 1. The van der Waals surface area contributed by atoms with E-state index in [0.29, 0.717) is 12.1 Å². The van der Waals surface area contributed by atoms with Crippen LogP contribution in [0.4, 0.5) is 16.4 Å². The maximum absolute atomic E-state index is 13.7. The third-order valence-corrected chi connectivity index (χ3v) is 7.12. The lowest BCUT2D eigenvalue weighted by Crippen LogP contribution is -2.41. The van der Waals surface area contributed by atoms with E-state index in [1.807, 2.05) is 54.6 Å². The molecule has 1 aliphatic carbocycles. The Bertz CT molecular complexity index is 1430. The van der Waals surface area contributed by atoms with Crippen molar-refractivity contribution in [3.8, 4) is 0 Å². The number of carbonyl (C=O) groups is 2. The minimum atomic E-state index is -0.344. The molecular weight excluding hydrogens is 502 g/mol. The first-order valence-electron chi connectivity index (χ1n) is 13.7. The van der Waals surface area contributed by atoms with Crippen LogP contribution < -0.4 is 15.5 Å².